The van der Waals surface area contributed by atoms with Gasteiger partial charge in [-0.15, -0.1) is 0 Å². The Bertz CT molecular complexity index is 955. The van der Waals surface area contributed by atoms with E-state index in [0.717, 1.165) is 22.0 Å². The second kappa shape index (κ2) is 5.80. The highest BCUT2D eigenvalue weighted by molar-refractivity contribution is 6.31. The molecule has 24 heavy (non-hydrogen) atoms. The molecule has 2 aromatic carbocycles. The molecule has 3 aromatic rings. The van der Waals surface area contributed by atoms with Crippen molar-refractivity contribution in [1.82, 2.24) is 9.88 Å². The standard InChI is InChI=1S/C19H15ClN2O2/c1-12-6-7-17-14(8-12)9-15-11-22(19(23)24-18(15)21-17)10-13-4-2-3-5-16(13)20/h2-9H,10-11H2,1H3. The van der Waals surface area contributed by atoms with E-state index in [1.54, 1.807) is 4.90 Å². The van der Waals surface area contributed by atoms with Gasteiger partial charge < -0.3 is 4.74 Å². The maximum atomic E-state index is 12.3. The predicted octanol–water partition coefficient (Wildman–Crippen LogP) is 4.71. The first-order valence-corrected chi connectivity index (χ1v) is 8.08. The molecule has 1 aromatic heterocycles. The maximum absolute atomic E-state index is 12.3. The summed E-state index contributed by atoms with van der Waals surface area (Å²) in [4.78, 5) is 18.4. The van der Waals surface area contributed by atoms with Crippen molar-refractivity contribution in [3.63, 3.8) is 0 Å². The SMILES string of the molecule is Cc1ccc2nc3c(cc2c1)CN(Cc1ccccc1Cl)C(=O)O3. The minimum Gasteiger partial charge on any atom is -0.391 e. The molecule has 2 heterocycles. The summed E-state index contributed by atoms with van der Waals surface area (Å²) in [5.74, 6) is 0.395. The number of hydrogen-bond donors (Lipinski definition) is 0. The van der Waals surface area contributed by atoms with E-state index in [-0.39, 0.29) is 0 Å². The third kappa shape index (κ3) is 2.69. The average Bonchev–Trinajstić information content (AvgIpc) is 2.56. The first kappa shape index (κ1) is 15.0. The summed E-state index contributed by atoms with van der Waals surface area (Å²) >= 11 is 6.20. The number of aryl methyl sites for hydroxylation is 1. The van der Waals surface area contributed by atoms with Crippen molar-refractivity contribution in [2.45, 2.75) is 20.0 Å². The number of ether oxygens (including phenoxy) is 1. The van der Waals surface area contributed by atoms with Crippen LogP contribution in [-0.2, 0) is 13.1 Å². The van der Waals surface area contributed by atoms with E-state index < -0.39 is 6.09 Å². The molecule has 0 N–H and O–H groups in total. The second-order valence-electron chi connectivity index (χ2n) is 5.96. The molecule has 0 aliphatic carbocycles. The highest BCUT2D eigenvalue weighted by Gasteiger charge is 2.27. The lowest BCUT2D eigenvalue weighted by atomic mass is 10.1. The normalized spacial score (nSPS) is 13.8. The lowest BCUT2D eigenvalue weighted by Gasteiger charge is -2.27. The van der Waals surface area contributed by atoms with Crippen LogP contribution in [-0.4, -0.2) is 16.0 Å². The van der Waals surface area contributed by atoms with Crippen molar-refractivity contribution in [2.24, 2.45) is 0 Å². The summed E-state index contributed by atoms with van der Waals surface area (Å²) in [6.07, 6.45) is -0.401. The number of carbonyl (C=O) groups is 1. The number of benzene rings is 2. The van der Waals surface area contributed by atoms with Crippen LogP contribution in [0.2, 0.25) is 5.02 Å². The molecule has 0 saturated heterocycles. The monoisotopic (exact) mass is 338 g/mol. The molecule has 4 nitrogen and oxygen atoms in total. The quantitative estimate of drug-likeness (QED) is 0.679. The third-order valence-electron chi connectivity index (χ3n) is 4.13. The molecule has 1 amide bonds. The molecule has 0 atom stereocenters. The smallest absolute Gasteiger partial charge is 0.391 e. The number of halogens is 1. The van der Waals surface area contributed by atoms with Crippen LogP contribution in [0.15, 0.2) is 48.5 Å². The van der Waals surface area contributed by atoms with E-state index in [4.69, 9.17) is 16.3 Å². The second-order valence-corrected chi connectivity index (χ2v) is 6.37. The Morgan fingerprint density at radius 2 is 2.04 bits per heavy atom. The van der Waals surface area contributed by atoms with Gasteiger partial charge in [0.2, 0.25) is 5.88 Å². The van der Waals surface area contributed by atoms with Crippen LogP contribution < -0.4 is 4.74 Å². The Morgan fingerprint density at radius 1 is 1.21 bits per heavy atom. The maximum Gasteiger partial charge on any atom is 0.417 e. The largest absolute Gasteiger partial charge is 0.417 e. The Hall–Kier alpha value is -2.59. The Morgan fingerprint density at radius 3 is 2.88 bits per heavy atom. The van der Waals surface area contributed by atoms with Crippen LogP contribution in [0.3, 0.4) is 0 Å². The average molecular weight is 339 g/mol. The summed E-state index contributed by atoms with van der Waals surface area (Å²) in [6.45, 7) is 2.91. The van der Waals surface area contributed by atoms with Gasteiger partial charge in [-0.3, -0.25) is 4.90 Å². The lowest BCUT2D eigenvalue weighted by molar-refractivity contribution is 0.133. The van der Waals surface area contributed by atoms with Gasteiger partial charge in [-0.2, -0.15) is 0 Å². The molecular weight excluding hydrogens is 324 g/mol. The third-order valence-corrected chi connectivity index (χ3v) is 4.50. The summed E-state index contributed by atoms with van der Waals surface area (Å²) in [7, 11) is 0. The van der Waals surface area contributed by atoms with Gasteiger partial charge in [0.15, 0.2) is 0 Å². The van der Waals surface area contributed by atoms with Gasteiger partial charge in [0.25, 0.3) is 0 Å². The first-order chi connectivity index (χ1) is 11.6. The molecule has 0 radical (unpaired) electrons. The van der Waals surface area contributed by atoms with Gasteiger partial charge >= 0.3 is 6.09 Å². The molecule has 0 spiro atoms. The van der Waals surface area contributed by atoms with Gasteiger partial charge in [-0.25, -0.2) is 9.78 Å². The van der Waals surface area contributed by atoms with E-state index >= 15 is 0 Å². The molecule has 4 rings (SSSR count). The number of carbonyl (C=O) groups excluding carboxylic acids is 1. The Kier molecular flexibility index (Phi) is 3.62. The topological polar surface area (TPSA) is 42.4 Å². The molecule has 1 aliphatic heterocycles. The van der Waals surface area contributed by atoms with Crippen LogP contribution in [0, 0.1) is 6.92 Å². The Balaban J connectivity index is 1.68. The number of rotatable bonds is 2. The number of fused-ring (bicyclic) bond motifs is 2. The number of nitrogens with zero attached hydrogens (tertiary/aromatic N) is 2. The van der Waals surface area contributed by atoms with Crippen LogP contribution in [0.5, 0.6) is 5.88 Å². The number of pyridine rings is 1. The first-order valence-electron chi connectivity index (χ1n) is 7.70. The fraction of sp³-hybridized carbons (Fsp3) is 0.158. The van der Waals surface area contributed by atoms with Crippen molar-refractivity contribution < 1.29 is 9.53 Å². The fourth-order valence-electron chi connectivity index (χ4n) is 2.89. The van der Waals surface area contributed by atoms with E-state index in [0.29, 0.717) is 24.0 Å². The fourth-order valence-corrected chi connectivity index (χ4v) is 3.09. The lowest BCUT2D eigenvalue weighted by Crippen LogP contribution is -2.36. The minimum absolute atomic E-state index is 0.395. The summed E-state index contributed by atoms with van der Waals surface area (Å²) in [5, 5.41) is 1.69. The van der Waals surface area contributed by atoms with Gasteiger partial charge in [0.05, 0.1) is 18.6 Å². The summed E-state index contributed by atoms with van der Waals surface area (Å²) in [5.41, 5.74) is 3.79. The molecule has 0 fully saturated rings. The number of amides is 1. The Labute approximate surface area is 144 Å². The van der Waals surface area contributed by atoms with Crippen LogP contribution >= 0.6 is 11.6 Å². The van der Waals surface area contributed by atoms with Crippen LogP contribution in [0.4, 0.5) is 4.79 Å². The molecule has 1 aliphatic rings. The minimum atomic E-state index is -0.401. The zero-order valence-electron chi connectivity index (χ0n) is 13.1. The molecular formula is C19H15ClN2O2. The highest BCUT2D eigenvalue weighted by Crippen LogP contribution is 2.29. The van der Waals surface area contributed by atoms with Gasteiger partial charge in [0, 0.05) is 16.0 Å². The molecule has 0 saturated carbocycles. The van der Waals surface area contributed by atoms with E-state index in [9.17, 15) is 4.79 Å². The number of hydrogen-bond acceptors (Lipinski definition) is 3. The predicted molar refractivity (Wildman–Crippen MR) is 93.2 cm³/mol. The molecule has 5 heteroatoms. The van der Waals surface area contributed by atoms with Crippen molar-refractivity contribution in [3.8, 4) is 5.88 Å². The highest BCUT2D eigenvalue weighted by atomic mass is 35.5. The molecule has 0 bridgehead atoms. The zero-order chi connectivity index (χ0) is 16.7. The van der Waals surface area contributed by atoms with Gasteiger partial charge in [-0.05, 0) is 36.8 Å². The van der Waals surface area contributed by atoms with Crippen molar-refractivity contribution in [3.05, 3.63) is 70.2 Å². The number of aromatic nitrogens is 1. The van der Waals surface area contributed by atoms with Crippen molar-refractivity contribution >= 4 is 28.6 Å². The van der Waals surface area contributed by atoms with E-state index in [1.165, 1.54) is 5.56 Å². The van der Waals surface area contributed by atoms with E-state index in [2.05, 4.69) is 11.1 Å². The van der Waals surface area contributed by atoms with E-state index in [1.807, 2.05) is 49.4 Å². The van der Waals surface area contributed by atoms with Crippen molar-refractivity contribution in [1.29, 1.82) is 0 Å². The summed E-state index contributed by atoms with van der Waals surface area (Å²) in [6, 6.07) is 15.6. The van der Waals surface area contributed by atoms with Gasteiger partial charge in [0.1, 0.15) is 0 Å². The van der Waals surface area contributed by atoms with Crippen LogP contribution in [0.1, 0.15) is 16.7 Å². The molecule has 0 unspecified atom stereocenters. The van der Waals surface area contributed by atoms with Crippen molar-refractivity contribution in [2.75, 3.05) is 0 Å². The summed E-state index contributed by atoms with van der Waals surface area (Å²) < 4.78 is 5.43. The van der Waals surface area contributed by atoms with Crippen LogP contribution in [0.25, 0.3) is 10.9 Å². The van der Waals surface area contributed by atoms with Gasteiger partial charge in [-0.1, -0.05) is 41.4 Å². The zero-order valence-corrected chi connectivity index (χ0v) is 13.9. The molecule has 120 valence electrons.